The zero-order valence-electron chi connectivity index (χ0n) is 19.7. The van der Waals surface area contributed by atoms with Gasteiger partial charge in [-0.25, -0.2) is 24.0 Å². The molecule has 4 aromatic heterocycles. The maximum absolute atomic E-state index is 13.9. The van der Waals surface area contributed by atoms with Crippen LogP contribution in [0.2, 0.25) is 0 Å². The minimum atomic E-state index is -0.457. The molecule has 4 heterocycles. The van der Waals surface area contributed by atoms with E-state index in [0.29, 0.717) is 39.8 Å². The van der Waals surface area contributed by atoms with E-state index in [-0.39, 0.29) is 17.0 Å². The third-order valence-corrected chi connectivity index (χ3v) is 7.11. The van der Waals surface area contributed by atoms with Gasteiger partial charge >= 0.3 is 0 Å². The molecular formula is C25H24FN9O. The zero-order valence-corrected chi connectivity index (χ0v) is 19.7. The molecule has 0 spiro atoms. The Morgan fingerprint density at radius 3 is 2.81 bits per heavy atom. The summed E-state index contributed by atoms with van der Waals surface area (Å²) in [5, 5.41) is 10.3. The molecule has 2 saturated carbocycles. The number of hydrogen-bond acceptors (Lipinski definition) is 7. The van der Waals surface area contributed by atoms with Crippen LogP contribution in [0.5, 0.6) is 0 Å². The summed E-state index contributed by atoms with van der Waals surface area (Å²) < 4.78 is 19.3. The smallest absolute Gasteiger partial charge is 0.261 e. The summed E-state index contributed by atoms with van der Waals surface area (Å²) in [5.74, 6) is 1.11. The average molecular weight is 486 g/mol. The van der Waals surface area contributed by atoms with Crippen LogP contribution in [-0.2, 0) is 6.54 Å². The molecule has 1 aromatic carbocycles. The lowest BCUT2D eigenvalue weighted by atomic mass is 10.2. The van der Waals surface area contributed by atoms with Crippen molar-refractivity contribution in [2.75, 3.05) is 5.73 Å². The summed E-state index contributed by atoms with van der Waals surface area (Å²) in [5.41, 5.74) is 8.54. The highest BCUT2D eigenvalue weighted by Crippen LogP contribution is 2.38. The largest absolute Gasteiger partial charge is 0.383 e. The van der Waals surface area contributed by atoms with Gasteiger partial charge in [-0.15, -0.1) is 0 Å². The monoisotopic (exact) mass is 485 g/mol. The molecule has 11 heteroatoms. The summed E-state index contributed by atoms with van der Waals surface area (Å²) >= 11 is 0. The van der Waals surface area contributed by atoms with Crippen LogP contribution in [0.3, 0.4) is 0 Å². The van der Waals surface area contributed by atoms with Gasteiger partial charge in [0.25, 0.3) is 5.56 Å². The number of hydrogen-bond donors (Lipinski definition) is 1. The highest BCUT2D eigenvalue weighted by Gasteiger charge is 2.32. The number of anilines is 1. The van der Waals surface area contributed by atoms with Gasteiger partial charge in [-0.3, -0.25) is 14.0 Å². The lowest BCUT2D eigenvalue weighted by molar-refractivity contribution is 0.502. The Hall–Kier alpha value is -4.15. The van der Waals surface area contributed by atoms with Crippen LogP contribution in [0.4, 0.5) is 10.2 Å². The number of nitrogen functional groups attached to an aromatic ring is 1. The number of aromatic nitrogens is 8. The molecule has 10 nitrogen and oxygen atoms in total. The predicted octanol–water partition coefficient (Wildman–Crippen LogP) is 3.48. The van der Waals surface area contributed by atoms with Gasteiger partial charge < -0.3 is 5.73 Å². The van der Waals surface area contributed by atoms with Crippen molar-refractivity contribution in [3.63, 3.8) is 0 Å². The fraction of sp³-hybridized carbons (Fsp3) is 0.360. The molecule has 2 aliphatic rings. The molecule has 182 valence electrons. The van der Waals surface area contributed by atoms with Crippen molar-refractivity contribution in [2.45, 2.75) is 51.2 Å². The van der Waals surface area contributed by atoms with E-state index in [1.165, 1.54) is 31.3 Å². The summed E-state index contributed by atoms with van der Waals surface area (Å²) in [7, 11) is 0. The normalized spacial score (nSPS) is 16.7. The third kappa shape index (κ3) is 3.37. The van der Waals surface area contributed by atoms with Crippen molar-refractivity contribution < 1.29 is 4.39 Å². The second kappa shape index (κ2) is 7.67. The van der Waals surface area contributed by atoms with Gasteiger partial charge in [0.15, 0.2) is 5.65 Å². The third-order valence-electron chi connectivity index (χ3n) is 7.11. The summed E-state index contributed by atoms with van der Waals surface area (Å²) in [4.78, 5) is 26.9. The van der Waals surface area contributed by atoms with Crippen molar-refractivity contribution in [1.29, 1.82) is 0 Å². The van der Waals surface area contributed by atoms with Crippen molar-refractivity contribution in [2.24, 2.45) is 5.92 Å². The first-order chi connectivity index (χ1) is 17.5. The van der Waals surface area contributed by atoms with E-state index in [1.807, 2.05) is 17.8 Å². The van der Waals surface area contributed by atoms with Crippen LogP contribution in [-0.4, -0.2) is 39.1 Å². The van der Waals surface area contributed by atoms with Crippen LogP contribution in [0.15, 0.2) is 41.7 Å². The van der Waals surface area contributed by atoms with Gasteiger partial charge in [0.1, 0.15) is 35.5 Å². The topological polar surface area (TPSA) is 122 Å². The van der Waals surface area contributed by atoms with Gasteiger partial charge in [-0.05, 0) is 56.7 Å². The fourth-order valence-corrected chi connectivity index (χ4v) is 4.90. The minimum Gasteiger partial charge on any atom is -0.383 e. The van der Waals surface area contributed by atoms with Crippen LogP contribution in [0, 0.1) is 11.7 Å². The van der Waals surface area contributed by atoms with Crippen LogP contribution in [0.1, 0.15) is 50.5 Å². The van der Waals surface area contributed by atoms with Crippen LogP contribution >= 0.6 is 0 Å². The fourth-order valence-electron chi connectivity index (χ4n) is 4.90. The number of rotatable bonds is 6. The lowest BCUT2D eigenvalue weighted by Crippen LogP contribution is -2.28. The van der Waals surface area contributed by atoms with Crippen molar-refractivity contribution >= 4 is 27.8 Å². The quantitative estimate of drug-likeness (QED) is 0.391. The van der Waals surface area contributed by atoms with E-state index in [4.69, 9.17) is 15.8 Å². The molecule has 0 saturated heterocycles. The molecule has 2 N–H and O–H groups in total. The van der Waals surface area contributed by atoms with E-state index >= 15 is 0 Å². The second-order valence-corrected chi connectivity index (χ2v) is 9.86. The molecule has 36 heavy (non-hydrogen) atoms. The number of nitrogens with zero attached hydrogens (tertiary/aromatic N) is 8. The summed E-state index contributed by atoms with van der Waals surface area (Å²) in [6.45, 7) is 2.82. The molecule has 0 aliphatic heterocycles. The summed E-state index contributed by atoms with van der Waals surface area (Å²) in [6.07, 6.45) is 9.40. The Morgan fingerprint density at radius 2 is 2.03 bits per heavy atom. The molecule has 0 bridgehead atoms. The standard InChI is InChI=1S/C25H24FN9O/c1-13(23-31-19-7-4-16(26)8-18(19)25(36)34(23)17-5-6-17)35-24-20(22(27)28-12-29-24)21(32-35)15-9-30-33(11-15)10-14-2-3-14/h4,7-9,11-14,17H,2-3,5-6,10H2,1H3,(H2,27,28,29)/t13-/m0/s1. The van der Waals surface area contributed by atoms with Crippen molar-refractivity contribution in [1.82, 2.24) is 39.1 Å². The number of benzene rings is 1. The first-order valence-corrected chi connectivity index (χ1v) is 12.2. The van der Waals surface area contributed by atoms with Gasteiger partial charge in [0.2, 0.25) is 0 Å². The molecule has 7 rings (SSSR count). The van der Waals surface area contributed by atoms with E-state index in [1.54, 1.807) is 21.5 Å². The Morgan fingerprint density at radius 1 is 1.19 bits per heavy atom. The van der Waals surface area contributed by atoms with E-state index in [9.17, 15) is 9.18 Å². The SMILES string of the molecule is C[C@@H](c1nc2ccc(F)cc2c(=O)n1C1CC1)n1nc(-c2cnn(CC3CC3)c2)c2c(N)ncnc21. The molecule has 1 atom stereocenters. The summed E-state index contributed by atoms with van der Waals surface area (Å²) in [6, 6.07) is 3.71. The maximum Gasteiger partial charge on any atom is 0.261 e. The second-order valence-electron chi connectivity index (χ2n) is 9.86. The van der Waals surface area contributed by atoms with Crippen molar-refractivity contribution in [3.05, 3.63) is 58.9 Å². The molecule has 5 aromatic rings. The zero-order chi connectivity index (χ0) is 24.6. The first-order valence-electron chi connectivity index (χ1n) is 12.2. The van der Waals surface area contributed by atoms with Crippen LogP contribution in [0.25, 0.3) is 33.2 Å². The molecule has 0 amide bonds. The number of nitrogens with two attached hydrogens (primary N) is 1. The highest BCUT2D eigenvalue weighted by molar-refractivity contribution is 5.98. The van der Waals surface area contributed by atoms with E-state index in [2.05, 4.69) is 15.1 Å². The molecular weight excluding hydrogens is 461 g/mol. The minimum absolute atomic E-state index is 0.0387. The number of halogens is 1. The van der Waals surface area contributed by atoms with E-state index in [0.717, 1.165) is 24.9 Å². The van der Waals surface area contributed by atoms with Crippen LogP contribution < -0.4 is 11.3 Å². The van der Waals surface area contributed by atoms with Crippen molar-refractivity contribution in [3.8, 4) is 11.3 Å². The van der Waals surface area contributed by atoms with E-state index < -0.39 is 11.9 Å². The predicted molar refractivity (Wildman–Crippen MR) is 132 cm³/mol. The lowest BCUT2D eigenvalue weighted by Gasteiger charge is -2.19. The van der Waals surface area contributed by atoms with Gasteiger partial charge in [-0.2, -0.15) is 10.2 Å². The average Bonchev–Trinajstić information content (AvgIpc) is 3.78. The Bertz CT molecular complexity index is 1710. The molecule has 0 radical (unpaired) electrons. The first kappa shape index (κ1) is 21.2. The molecule has 2 fully saturated rings. The maximum atomic E-state index is 13.9. The number of fused-ring (bicyclic) bond motifs is 2. The molecule has 0 unspecified atom stereocenters. The van der Waals surface area contributed by atoms with Gasteiger partial charge in [0, 0.05) is 24.3 Å². The Kier molecular flexibility index (Phi) is 4.51. The Labute approximate surface area is 204 Å². The molecule has 2 aliphatic carbocycles. The van der Waals surface area contributed by atoms with Gasteiger partial charge in [-0.1, -0.05) is 0 Å². The Balaban J connectivity index is 1.40. The highest BCUT2D eigenvalue weighted by atomic mass is 19.1. The van der Waals surface area contributed by atoms with Gasteiger partial charge in [0.05, 0.1) is 22.5 Å².